The molecule has 0 aromatic heterocycles. The van der Waals surface area contributed by atoms with Gasteiger partial charge in [0.1, 0.15) is 0 Å². The van der Waals surface area contributed by atoms with Gasteiger partial charge in [-0.15, -0.1) is 0 Å². The Morgan fingerprint density at radius 1 is 1.00 bits per heavy atom. The zero-order chi connectivity index (χ0) is 18.5. The van der Waals surface area contributed by atoms with Crippen molar-refractivity contribution in [2.24, 2.45) is 0 Å². The molecule has 0 fully saturated rings. The Morgan fingerprint density at radius 3 is 1.84 bits per heavy atom. The van der Waals surface area contributed by atoms with Gasteiger partial charge in [-0.05, 0) is 26.8 Å². The number of rotatable bonds is 7. The topological polar surface area (TPSA) is 69.7 Å². The number of hydrogen-bond donors (Lipinski definition) is 0. The predicted molar refractivity (Wildman–Crippen MR) is 82.0 cm³/mol. The predicted octanol–water partition coefficient (Wildman–Crippen LogP) is -0.0556. The first-order chi connectivity index (χ1) is 11.8. The first-order valence-electron chi connectivity index (χ1n) is 6.65. The monoisotopic (exact) mass is 504 g/mol. The van der Waals surface area contributed by atoms with E-state index in [0.717, 1.165) is 0 Å². The van der Waals surface area contributed by atoms with Crippen molar-refractivity contribution in [2.75, 3.05) is 6.07 Å². The van der Waals surface area contributed by atoms with E-state index in [-0.39, 0.29) is 0 Å². The molecule has 2 aromatic rings. The maximum atomic E-state index is 14.0. The Hall–Kier alpha value is -1.30. The number of halogens is 4. The van der Waals surface area contributed by atoms with Gasteiger partial charge in [0.15, 0.2) is 13.2 Å². The summed E-state index contributed by atoms with van der Waals surface area (Å²) in [5, 5.41) is -4.86. The molecule has 0 unspecified atom stereocenters. The molecule has 0 aliphatic heterocycles. The molecule has 10 heteroatoms. The standard InChI is InChI=1S/C15H12ClF2IO5S/c16-11-23-14(20)15(17,18)25(21,22)24-19(12-7-3-1-4-8-12)13-9-5-2-6-10-13/h1-10H,11H2/q+1. The minimum Gasteiger partial charge on any atom is -0.444 e. The van der Waals surface area contributed by atoms with Crippen molar-refractivity contribution in [3.8, 4) is 0 Å². The largest absolute Gasteiger partial charge is 0.469 e. The van der Waals surface area contributed by atoms with E-state index in [2.05, 4.69) is 4.74 Å². The number of esters is 1. The molecule has 0 saturated carbocycles. The van der Waals surface area contributed by atoms with Crippen LogP contribution in [0.15, 0.2) is 60.7 Å². The Morgan fingerprint density at radius 2 is 1.44 bits per heavy atom. The van der Waals surface area contributed by atoms with Gasteiger partial charge in [-0.3, -0.25) is 0 Å². The normalized spacial score (nSPS) is 12.2. The molecule has 0 spiro atoms. The molecule has 1 radical (unpaired) electrons. The van der Waals surface area contributed by atoms with E-state index in [0.29, 0.717) is 7.14 Å². The first-order valence-corrected chi connectivity index (χ1v) is 11.6. The first kappa shape index (κ1) is 20.0. The van der Waals surface area contributed by atoms with Crippen LogP contribution < -0.4 is 20.2 Å². The maximum Gasteiger partial charge on any atom is 0.469 e. The lowest BCUT2D eigenvalue weighted by atomic mass is 10.4. The molecule has 2 aromatic carbocycles. The average Bonchev–Trinajstić information content (AvgIpc) is 2.61. The van der Waals surface area contributed by atoms with E-state index < -0.39 is 47.6 Å². The number of ether oxygens (including phenoxy) is 1. The molecule has 0 N–H and O–H groups in total. The Labute approximate surface area is 156 Å². The number of benzene rings is 2. The summed E-state index contributed by atoms with van der Waals surface area (Å²) in [4.78, 5) is 11.3. The fourth-order valence-corrected chi connectivity index (χ4v) is 8.57. The summed E-state index contributed by atoms with van der Waals surface area (Å²) in [6.45, 7) is 0. The fourth-order valence-electron chi connectivity index (χ4n) is 1.62. The Kier molecular flexibility index (Phi) is 6.72. The van der Waals surface area contributed by atoms with Crippen LogP contribution in [0.25, 0.3) is 0 Å². The summed E-state index contributed by atoms with van der Waals surface area (Å²) < 4.78 is 61.8. The minimum absolute atomic E-state index is 0.475. The van der Waals surface area contributed by atoms with Crippen molar-refractivity contribution in [3.05, 3.63) is 67.8 Å². The third-order valence-electron chi connectivity index (χ3n) is 2.75. The lowest BCUT2D eigenvalue weighted by molar-refractivity contribution is -1.03. The SMILES string of the molecule is O=C(OCCl)C(F)(F)S(=O)(=O)O[I+](c1ccccc1)c1ccccc1. The van der Waals surface area contributed by atoms with Crippen LogP contribution in [0.4, 0.5) is 8.78 Å². The van der Waals surface area contributed by atoms with Gasteiger partial charge in [0, 0.05) is 0 Å². The lowest BCUT2D eigenvalue weighted by Crippen LogP contribution is -3.85. The zero-order valence-corrected chi connectivity index (χ0v) is 16.2. The van der Waals surface area contributed by atoms with Crippen LogP contribution in [0.3, 0.4) is 0 Å². The van der Waals surface area contributed by atoms with Gasteiger partial charge in [0.25, 0.3) is 0 Å². The smallest absolute Gasteiger partial charge is 0.444 e. The second kappa shape index (κ2) is 8.39. The molecule has 135 valence electrons. The Balaban J connectivity index is 2.42. The van der Waals surface area contributed by atoms with E-state index in [1.54, 1.807) is 60.7 Å². The van der Waals surface area contributed by atoms with Crippen molar-refractivity contribution in [1.29, 1.82) is 0 Å². The van der Waals surface area contributed by atoms with Crippen LogP contribution in [0.5, 0.6) is 0 Å². The summed E-state index contributed by atoms with van der Waals surface area (Å²) in [7, 11) is -5.57. The van der Waals surface area contributed by atoms with Gasteiger partial charge < -0.3 is 4.74 Å². The van der Waals surface area contributed by atoms with Crippen LogP contribution in [-0.4, -0.2) is 25.7 Å². The van der Waals surface area contributed by atoms with Crippen LogP contribution in [0.1, 0.15) is 0 Å². The van der Waals surface area contributed by atoms with Crippen LogP contribution in [0, 0.1) is 7.14 Å². The molecule has 0 bridgehead atoms. The highest BCUT2D eigenvalue weighted by atomic mass is 127. The summed E-state index contributed by atoms with van der Waals surface area (Å²) >= 11 is 1.79. The molecular formula is C15H12ClF2IO5S+. The number of carbonyl (C=O) groups is 1. The zero-order valence-electron chi connectivity index (χ0n) is 12.4. The third kappa shape index (κ3) is 4.66. The van der Waals surface area contributed by atoms with Crippen LogP contribution in [-0.2, 0) is 22.2 Å². The van der Waals surface area contributed by atoms with Gasteiger partial charge in [0.05, 0.1) is 0 Å². The molecule has 2 rings (SSSR count). The van der Waals surface area contributed by atoms with Gasteiger partial charge in [-0.1, -0.05) is 48.0 Å². The number of hydrogen-bond acceptors (Lipinski definition) is 5. The molecule has 0 atom stereocenters. The summed E-state index contributed by atoms with van der Waals surface area (Å²) in [5.41, 5.74) is 0. The molecule has 0 aliphatic rings. The van der Waals surface area contributed by atoms with Crippen molar-refractivity contribution in [2.45, 2.75) is 5.25 Å². The highest BCUT2D eigenvalue weighted by Gasteiger charge is 2.60. The highest BCUT2D eigenvalue weighted by molar-refractivity contribution is 7.88. The van der Waals surface area contributed by atoms with Crippen molar-refractivity contribution in [3.63, 3.8) is 0 Å². The summed E-state index contributed by atoms with van der Waals surface area (Å²) in [5.74, 6) is -2.28. The second-order valence-electron chi connectivity index (χ2n) is 4.41. The van der Waals surface area contributed by atoms with Crippen LogP contribution in [0.2, 0.25) is 0 Å². The van der Waals surface area contributed by atoms with Gasteiger partial charge in [-0.25, -0.2) is 4.79 Å². The minimum atomic E-state index is -5.57. The van der Waals surface area contributed by atoms with Gasteiger partial charge in [-0.2, -0.15) is 17.2 Å². The van der Waals surface area contributed by atoms with Crippen LogP contribution >= 0.6 is 11.6 Å². The van der Waals surface area contributed by atoms with E-state index >= 15 is 0 Å². The lowest BCUT2D eigenvalue weighted by Gasteiger charge is -2.13. The van der Waals surface area contributed by atoms with Crippen molar-refractivity contribution in [1.82, 2.24) is 0 Å². The molecule has 0 heterocycles. The summed E-state index contributed by atoms with van der Waals surface area (Å²) in [6.07, 6.45) is 0. The molecule has 5 nitrogen and oxygen atoms in total. The van der Waals surface area contributed by atoms with Crippen molar-refractivity contribution >= 4 is 27.7 Å². The maximum absolute atomic E-state index is 14.0. The van der Waals surface area contributed by atoms with Gasteiger partial charge in [0.2, 0.25) is 0 Å². The third-order valence-corrected chi connectivity index (χ3v) is 10.1. The highest BCUT2D eigenvalue weighted by Crippen LogP contribution is 2.23. The summed E-state index contributed by atoms with van der Waals surface area (Å²) in [6, 6.07) is 15.4. The van der Waals surface area contributed by atoms with E-state index in [1.165, 1.54) is 0 Å². The molecule has 0 amide bonds. The molecule has 0 aliphatic carbocycles. The van der Waals surface area contributed by atoms with Crippen molar-refractivity contribution < 1.29 is 49.5 Å². The Bertz CT molecular complexity index is 779. The molecule has 0 saturated heterocycles. The molecular weight excluding hydrogens is 493 g/mol. The fraction of sp³-hybridized carbons (Fsp3) is 0.133. The average molecular weight is 505 g/mol. The van der Waals surface area contributed by atoms with E-state index in [4.69, 9.17) is 14.1 Å². The second-order valence-corrected chi connectivity index (χ2v) is 11.2. The van der Waals surface area contributed by atoms with Gasteiger partial charge >= 0.3 is 41.6 Å². The van der Waals surface area contributed by atoms with E-state index in [9.17, 15) is 22.0 Å². The number of alkyl halides is 3. The quantitative estimate of drug-likeness (QED) is 0.300. The number of carbonyl (C=O) groups excluding carboxylic acids is 1. The molecule has 25 heavy (non-hydrogen) atoms. The van der Waals surface area contributed by atoms with E-state index in [1.807, 2.05) is 0 Å².